The number of fused-ring (bicyclic) bond motifs is 3. The van der Waals surface area contributed by atoms with Gasteiger partial charge < -0.3 is 20.5 Å². The molecule has 186 valence electrons. The lowest BCUT2D eigenvalue weighted by Gasteiger charge is -2.28. The summed E-state index contributed by atoms with van der Waals surface area (Å²) >= 11 is 0. The summed E-state index contributed by atoms with van der Waals surface area (Å²) in [7, 11) is 0. The Morgan fingerprint density at radius 3 is 2.14 bits per heavy atom. The van der Waals surface area contributed by atoms with E-state index in [1.165, 1.54) is 22.3 Å². The summed E-state index contributed by atoms with van der Waals surface area (Å²) in [4.78, 5) is 35.7. The SMILES string of the molecule is CC(CCNC(=O)C1CCC(CNC(=O)OCC2c3ccccc3-c3ccccc32)CC1)C(=O)O. The van der Waals surface area contributed by atoms with Crippen LogP contribution in [0.4, 0.5) is 4.79 Å². The zero-order valence-electron chi connectivity index (χ0n) is 20.2. The highest BCUT2D eigenvalue weighted by Gasteiger charge is 2.30. The molecule has 2 aliphatic carbocycles. The van der Waals surface area contributed by atoms with Gasteiger partial charge in [-0.15, -0.1) is 0 Å². The summed E-state index contributed by atoms with van der Waals surface area (Å²) in [6.45, 7) is 2.87. The molecule has 1 saturated carbocycles. The molecule has 2 amide bonds. The Bertz CT molecular complexity index is 1020. The van der Waals surface area contributed by atoms with E-state index in [-0.39, 0.29) is 17.7 Å². The fraction of sp³-hybridized carbons (Fsp3) is 0.464. The first kappa shape index (κ1) is 24.8. The Kier molecular flexibility index (Phi) is 8.06. The number of hydrogen-bond donors (Lipinski definition) is 3. The molecule has 3 N–H and O–H groups in total. The molecule has 2 aliphatic rings. The predicted molar refractivity (Wildman–Crippen MR) is 133 cm³/mol. The molecule has 0 aromatic heterocycles. The summed E-state index contributed by atoms with van der Waals surface area (Å²) in [5.74, 6) is -0.975. The molecule has 0 aliphatic heterocycles. The van der Waals surface area contributed by atoms with E-state index in [4.69, 9.17) is 9.84 Å². The van der Waals surface area contributed by atoms with E-state index in [2.05, 4.69) is 34.9 Å². The van der Waals surface area contributed by atoms with Crippen LogP contribution in [0.5, 0.6) is 0 Å². The Labute approximate surface area is 206 Å². The van der Waals surface area contributed by atoms with Gasteiger partial charge in [-0.05, 0) is 60.3 Å². The Hall–Kier alpha value is -3.35. The van der Waals surface area contributed by atoms with Gasteiger partial charge in [-0.25, -0.2) is 4.79 Å². The minimum atomic E-state index is -0.844. The van der Waals surface area contributed by atoms with E-state index >= 15 is 0 Å². The van der Waals surface area contributed by atoms with Crippen molar-refractivity contribution in [3.8, 4) is 11.1 Å². The fourth-order valence-corrected chi connectivity index (χ4v) is 5.19. The van der Waals surface area contributed by atoms with Crippen LogP contribution >= 0.6 is 0 Å². The molecule has 2 aromatic carbocycles. The molecule has 1 unspecified atom stereocenters. The Morgan fingerprint density at radius 1 is 0.943 bits per heavy atom. The largest absolute Gasteiger partial charge is 0.481 e. The van der Waals surface area contributed by atoms with Crippen LogP contribution in [0.1, 0.15) is 56.1 Å². The number of nitrogens with one attached hydrogen (secondary N) is 2. The van der Waals surface area contributed by atoms with Gasteiger partial charge in [0.1, 0.15) is 6.61 Å². The molecule has 0 radical (unpaired) electrons. The highest BCUT2D eigenvalue weighted by Crippen LogP contribution is 2.44. The van der Waals surface area contributed by atoms with Crippen molar-refractivity contribution in [2.45, 2.75) is 44.9 Å². The number of aliphatic carboxylic acids is 1. The average molecular weight is 479 g/mol. The van der Waals surface area contributed by atoms with E-state index < -0.39 is 18.0 Å². The van der Waals surface area contributed by atoms with E-state index in [9.17, 15) is 14.4 Å². The van der Waals surface area contributed by atoms with Gasteiger partial charge in [0.05, 0.1) is 5.92 Å². The lowest BCUT2D eigenvalue weighted by atomic mass is 9.81. The summed E-state index contributed by atoms with van der Waals surface area (Å²) in [6, 6.07) is 16.5. The van der Waals surface area contributed by atoms with Crippen LogP contribution in [-0.2, 0) is 14.3 Å². The third-order valence-electron chi connectivity index (χ3n) is 7.39. The van der Waals surface area contributed by atoms with Crippen molar-refractivity contribution in [3.63, 3.8) is 0 Å². The van der Waals surface area contributed by atoms with Gasteiger partial charge in [0.25, 0.3) is 0 Å². The molecule has 0 saturated heterocycles. The van der Waals surface area contributed by atoms with Crippen molar-refractivity contribution in [2.24, 2.45) is 17.8 Å². The second kappa shape index (κ2) is 11.4. The second-order valence-electron chi connectivity index (χ2n) is 9.74. The van der Waals surface area contributed by atoms with Crippen LogP contribution in [0, 0.1) is 17.8 Å². The Balaban J connectivity index is 1.17. The number of alkyl carbamates (subject to hydrolysis) is 1. The number of carbonyl (C=O) groups excluding carboxylic acids is 2. The number of rotatable bonds is 9. The van der Waals surface area contributed by atoms with Gasteiger partial charge in [0, 0.05) is 24.9 Å². The first-order valence-electron chi connectivity index (χ1n) is 12.5. The standard InChI is InChI=1S/C28H34N2O5/c1-18(27(32)33)14-15-29-26(31)20-12-10-19(11-13-20)16-30-28(34)35-17-25-23-8-4-2-6-21(23)22-7-3-5-9-24(22)25/h2-9,18-20,25H,10-17H2,1H3,(H,29,31)(H,30,34)(H,32,33). The number of amides is 2. The monoisotopic (exact) mass is 478 g/mol. The molecular formula is C28H34N2O5. The summed E-state index contributed by atoms with van der Waals surface area (Å²) in [5.41, 5.74) is 4.79. The van der Waals surface area contributed by atoms with Gasteiger partial charge in [0.2, 0.25) is 5.91 Å². The lowest BCUT2D eigenvalue weighted by Crippen LogP contribution is -2.37. The van der Waals surface area contributed by atoms with E-state index in [0.29, 0.717) is 32.0 Å². The van der Waals surface area contributed by atoms with Gasteiger partial charge in [-0.2, -0.15) is 0 Å². The maximum absolute atomic E-state index is 12.4. The molecule has 0 spiro atoms. The van der Waals surface area contributed by atoms with Crippen LogP contribution in [0.15, 0.2) is 48.5 Å². The molecule has 35 heavy (non-hydrogen) atoms. The number of ether oxygens (including phenoxy) is 1. The average Bonchev–Trinajstić information content (AvgIpc) is 3.20. The smallest absolute Gasteiger partial charge is 0.407 e. The number of hydrogen-bond acceptors (Lipinski definition) is 4. The van der Waals surface area contributed by atoms with Crippen molar-refractivity contribution in [2.75, 3.05) is 19.7 Å². The zero-order chi connectivity index (χ0) is 24.8. The second-order valence-corrected chi connectivity index (χ2v) is 9.74. The molecule has 4 rings (SSSR count). The van der Waals surface area contributed by atoms with Gasteiger partial charge in [-0.1, -0.05) is 55.5 Å². The molecule has 1 fully saturated rings. The maximum atomic E-state index is 12.4. The van der Waals surface area contributed by atoms with E-state index in [0.717, 1.165) is 25.7 Å². The summed E-state index contributed by atoms with van der Waals surface area (Å²) in [5, 5.41) is 14.7. The number of benzene rings is 2. The molecule has 1 atom stereocenters. The number of carbonyl (C=O) groups is 3. The van der Waals surface area contributed by atoms with E-state index in [1.807, 2.05) is 24.3 Å². The van der Waals surface area contributed by atoms with Crippen LogP contribution in [0.25, 0.3) is 11.1 Å². The highest BCUT2D eigenvalue weighted by molar-refractivity contribution is 5.79. The third kappa shape index (κ3) is 6.02. The first-order chi connectivity index (χ1) is 16.9. The highest BCUT2D eigenvalue weighted by atomic mass is 16.5. The minimum absolute atomic E-state index is 0.00512. The third-order valence-corrected chi connectivity index (χ3v) is 7.39. The molecule has 7 nitrogen and oxygen atoms in total. The topological polar surface area (TPSA) is 105 Å². The maximum Gasteiger partial charge on any atom is 0.407 e. The van der Waals surface area contributed by atoms with Crippen molar-refractivity contribution < 1.29 is 24.2 Å². The first-order valence-corrected chi connectivity index (χ1v) is 12.5. The van der Waals surface area contributed by atoms with Crippen molar-refractivity contribution in [1.29, 1.82) is 0 Å². The quantitative estimate of drug-likeness (QED) is 0.490. The Morgan fingerprint density at radius 2 is 1.54 bits per heavy atom. The summed E-state index contributed by atoms with van der Waals surface area (Å²) < 4.78 is 5.61. The number of carboxylic acid groups (broad SMARTS) is 1. The van der Waals surface area contributed by atoms with Crippen LogP contribution < -0.4 is 10.6 Å². The zero-order valence-corrected chi connectivity index (χ0v) is 20.2. The van der Waals surface area contributed by atoms with Crippen molar-refractivity contribution in [1.82, 2.24) is 10.6 Å². The molecule has 0 bridgehead atoms. The van der Waals surface area contributed by atoms with Crippen molar-refractivity contribution >= 4 is 18.0 Å². The molecule has 0 heterocycles. The summed E-state index contributed by atoms with van der Waals surface area (Å²) in [6.07, 6.45) is 3.31. The normalized spacial score (nSPS) is 19.8. The number of carboxylic acids is 1. The van der Waals surface area contributed by atoms with Crippen molar-refractivity contribution in [3.05, 3.63) is 59.7 Å². The minimum Gasteiger partial charge on any atom is -0.481 e. The lowest BCUT2D eigenvalue weighted by molar-refractivity contribution is -0.141. The van der Waals surface area contributed by atoms with E-state index in [1.54, 1.807) is 6.92 Å². The fourth-order valence-electron chi connectivity index (χ4n) is 5.19. The molecule has 7 heteroatoms. The molecule has 2 aromatic rings. The predicted octanol–water partition coefficient (Wildman–Crippen LogP) is 4.56. The molecular weight excluding hydrogens is 444 g/mol. The van der Waals surface area contributed by atoms with Gasteiger partial charge in [-0.3, -0.25) is 9.59 Å². The van der Waals surface area contributed by atoms with Crippen LogP contribution in [0.2, 0.25) is 0 Å². The van der Waals surface area contributed by atoms with Crippen LogP contribution in [0.3, 0.4) is 0 Å². The van der Waals surface area contributed by atoms with Gasteiger partial charge in [0.15, 0.2) is 0 Å². The van der Waals surface area contributed by atoms with Gasteiger partial charge >= 0.3 is 12.1 Å². The van der Waals surface area contributed by atoms with Crippen LogP contribution in [-0.4, -0.2) is 42.8 Å².